The molecule has 33 heavy (non-hydrogen) atoms. The summed E-state index contributed by atoms with van der Waals surface area (Å²) in [5.74, 6) is 0.381. The molecule has 9 heteroatoms. The summed E-state index contributed by atoms with van der Waals surface area (Å²) < 4.78 is 1.79. The molecule has 0 radical (unpaired) electrons. The van der Waals surface area contributed by atoms with E-state index in [9.17, 15) is 4.79 Å². The second-order valence-electron chi connectivity index (χ2n) is 8.37. The van der Waals surface area contributed by atoms with Crippen molar-refractivity contribution in [2.75, 3.05) is 5.73 Å². The molecule has 4 aromatic rings. The average Bonchev–Trinajstić information content (AvgIpc) is 3.48. The third kappa shape index (κ3) is 3.89. The predicted octanol–water partition coefficient (Wildman–Crippen LogP) is 2.50. The van der Waals surface area contributed by atoms with Gasteiger partial charge in [0.1, 0.15) is 11.3 Å². The summed E-state index contributed by atoms with van der Waals surface area (Å²) in [4.78, 5) is 21.7. The van der Waals surface area contributed by atoms with Crippen molar-refractivity contribution in [1.82, 2.24) is 25.1 Å². The van der Waals surface area contributed by atoms with Gasteiger partial charge in [0.05, 0.1) is 40.8 Å². The Balaban J connectivity index is 1.41. The molecule has 0 unspecified atom stereocenters. The van der Waals surface area contributed by atoms with Gasteiger partial charge < -0.3 is 22.2 Å². The number of nitrogen functional groups attached to an aromatic ring is 1. The van der Waals surface area contributed by atoms with Crippen molar-refractivity contribution in [1.29, 1.82) is 5.41 Å². The minimum atomic E-state index is -0.467. The molecular formula is C24H24N8O. The third-order valence-corrected chi connectivity index (χ3v) is 6.06. The molecule has 5 rings (SSSR count). The van der Waals surface area contributed by atoms with E-state index in [1.54, 1.807) is 16.9 Å². The lowest BCUT2D eigenvalue weighted by atomic mass is 10.1. The van der Waals surface area contributed by atoms with Gasteiger partial charge in [0.2, 0.25) is 5.91 Å². The summed E-state index contributed by atoms with van der Waals surface area (Å²) in [5, 5.41) is 17.4. The number of benzene rings is 1. The SMILES string of the molecule is N=C(C=CN)c1ccc2c(c1)nc(N)c1cn(CC3(C(=O)NCc4ccccn4)CC3)nc12. The van der Waals surface area contributed by atoms with Crippen LogP contribution in [0, 0.1) is 10.8 Å². The van der Waals surface area contributed by atoms with Crippen LogP contribution in [0.25, 0.3) is 21.8 Å². The molecule has 3 aromatic heterocycles. The van der Waals surface area contributed by atoms with Crippen molar-refractivity contribution in [2.24, 2.45) is 11.1 Å². The van der Waals surface area contributed by atoms with Crippen LogP contribution in [-0.2, 0) is 17.9 Å². The van der Waals surface area contributed by atoms with Gasteiger partial charge in [-0.05, 0) is 49.4 Å². The van der Waals surface area contributed by atoms with Crippen LogP contribution < -0.4 is 16.8 Å². The summed E-state index contributed by atoms with van der Waals surface area (Å²) >= 11 is 0. The van der Waals surface area contributed by atoms with Crippen LogP contribution in [0.4, 0.5) is 5.82 Å². The fourth-order valence-corrected chi connectivity index (χ4v) is 4.04. The molecule has 9 nitrogen and oxygen atoms in total. The van der Waals surface area contributed by atoms with Crippen molar-refractivity contribution in [3.63, 3.8) is 0 Å². The van der Waals surface area contributed by atoms with E-state index in [2.05, 4.69) is 15.3 Å². The van der Waals surface area contributed by atoms with Gasteiger partial charge in [-0.25, -0.2) is 4.98 Å². The number of hydrogen-bond acceptors (Lipinski definition) is 7. The van der Waals surface area contributed by atoms with E-state index in [-0.39, 0.29) is 11.6 Å². The minimum Gasteiger partial charge on any atom is -0.405 e. The lowest BCUT2D eigenvalue weighted by Gasteiger charge is -2.15. The predicted molar refractivity (Wildman–Crippen MR) is 127 cm³/mol. The van der Waals surface area contributed by atoms with E-state index in [4.69, 9.17) is 22.0 Å². The first-order chi connectivity index (χ1) is 16.0. The first-order valence-corrected chi connectivity index (χ1v) is 10.7. The molecule has 6 N–H and O–H groups in total. The average molecular weight is 441 g/mol. The van der Waals surface area contributed by atoms with Gasteiger partial charge in [0, 0.05) is 23.3 Å². The Kier molecular flexibility index (Phi) is 5.01. The lowest BCUT2D eigenvalue weighted by molar-refractivity contribution is -0.127. The number of nitrogens with zero attached hydrogens (tertiary/aromatic N) is 4. The van der Waals surface area contributed by atoms with Gasteiger partial charge in [-0.1, -0.05) is 12.1 Å². The number of fused-ring (bicyclic) bond motifs is 3. The van der Waals surface area contributed by atoms with Crippen molar-refractivity contribution in [2.45, 2.75) is 25.9 Å². The smallest absolute Gasteiger partial charge is 0.228 e. The zero-order valence-electron chi connectivity index (χ0n) is 18.0. The number of nitrogens with two attached hydrogens (primary N) is 2. The van der Waals surface area contributed by atoms with Gasteiger partial charge in [-0.15, -0.1) is 0 Å². The van der Waals surface area contributed by atoms with Crippen LogP contribution in [0.5, 0.6) is 0 Å². The molecule has 0 bridgehead atoms. The number of hydrogen-bond donors (Lipinski definition) is 4. The highest BCUT2D eigenvalue weighted by atomic mass is 16.2. The zero-order valence-corrected chi connectivity index (χ0v) is 18.0. The number of anilines is 1. The molecular weight excluding hydrogens is 416 g/mol. The lowest BCUT2D eigenvalue weighted by Crippen LogP contribution is -2.34. The molecule has 1 aromatic carbocycles. The van der Waals surface area contributed by atoms with Crippen LogP contribution in [0.1, 0.15) is 24.1 Å². The van der Waals surface area contributed by atoms with E-state index in [1.807, 2.05) is 36.5 Å². The molecule has 0 atom stereocenters. The summed E-state index contributed by atoms with van der Waals surface area (Å²) in [6, 6.07) is 11.2. The molecule has 1 saturated carbocycles. The third-order valence-electron chi connectivity index (χ3n) is 6.06. The van der Waals surface area contributed by atoms with E-state index in [1.165, 1.54) is 12.3 Å². The molecule has 0 saturated heterocycles. The Morgan fingerprint density at radius 1 is 1.24 bits per heavy atom. The number of rotatable bonds is 7. The summed E-state index contributed by atoms with van der Waals surface area (Å²) in [6.45, 7) is 0.876. The molecule has 1 fully saturated rings. The van der Waals surface area contributed by atoms with Crippen molar-refractivity contribution < 1.29 is 4.79 Å². The summed E-state index contributed by atoms with van der Waals surface area (Å²) in [7, 11) is 0. The maximum Gasteiger partial charge on any atom is 0.228 e. The maximum atomic E-state index is 12.9. The van der Waals surface area contributed by atoms with Gasteiger partial charge in [0.25, 0.3) is 0 Å². The number of allylic oxidation sites excluding steroid dienone is 1. The quantitative estimate of drug-likeness (QED) is 0.324. The van der Waals surface area contributed by atoms with Crippen LogP contribution in [0.2, 0.25) is 0 Å². The first kappa shape index (κ1) is 20.6. The molecule has 1 amide bonds. The normalized spacial score (nSPS) is 14.7. The number of aromatic nitrogens is 4. The second-order valence-corrected chi connectivity index (χ2v) is 8.37. The largest absolute Gasteiger partial charge is 0.405 e. The Morgan fingerprint density at radius 3 is 2.82 bits per heavy atom. The van der Waals surface area contributed by atoms with Crippen molar-refractivity contribution in [3.8, 4) is 0 Å². The van der Waals surface area contributed by atoms with E-state index < -0.39 is 5.41 Å². The number of nitrogens with one attached hydrogen (secondary N) is 2. The molecule has 1 aliphatic rings. The van der Waals surface area contributed by atoms with Crippen molar-refractivity contribution >= 4 is 39.2 Å². The standard InChI is InChI=1S/C24H24N8O/c25-9-6-19(26)15-4-5-17-20(11-15)30-22(27)18-13-32(31-21(17)18)14-24(7-8-24)23(33)29-12-16-3-1-2-10-28-16/h1-6,9-11,13,26H,7-8,12,14,25H2,(H2,27,30)(H,29,33). The van der Waals surface area contributed by atoms with Crippen LogP contribution in [0.3, 0.4) is 0 Å². The zero-order chi connectivity index (χ0) is 23.0. The maximum absolute atomic E-state index is 12.9. The topological polar surface area (TPSA) is 149 Å². The Morgan fingerprint density at radius 2 is 2.09 bits per heavy atom. The minimum absolute atomic E-state index is 0.0137. The first-order valence-electron chi connectivity index (χ1n) is 10.7. The second kappa shape index (κ2) is 8.01. The van der Waals surface area contributed by atoms with Crippen LogP contribution >= 0.6 is 0 Å². The highest BCUT2D eigenvalue weighted by Gasteiger charge is 2.50. The highest BCUT2D eigenvalue weighted by molar-refractivity contribution is 6.12. The van der Waals surface area contributed by atoms with Crippen LogP contribution in [-0.4, -0.2) is 31.4 Å². The van der Waals surface area contributed by atoms with Gasteiger partial charge in [-0.2, -0.15) is 5.10 Å². The summed E-state index contributed by atoms with van der Waals surface area (Å²) in [5.41, 5.74) is 14.4. The molecule has 0 spiro atoms. The fraction of sp³-hybridized carbons (Fsp3) is 0.208. The van der Waals surface area contributed by atoms with Crippen molar-refractivity contribution in [3.05, 3.63) is 72.3 Å². The number of carbonyl (C=O) groups is 1. The van der Waals surface area contributed by atoms with Gasteiger partial charge in [0.15, 0.2) is 0 Å². The van der Waals surface area contributed by atoms with E-state index in [0.717, 1.165) is 34.8 Å². The molecule has 0 aliphatic heterocycles. The van der Waals surface area contributed by atoms with Gasteiger partial charge in [-0.3, -0.25) is 14.5 Å². The Labute approximate surface area is 190 Å². The number of carbonyl (C=O) groups excluding carboxylic acids is 1. The number of pyridine rings is 2. The molecule has 166 valence electrons. The monoisotopic (exact) mass is 440 g/mol. The Hall–Kier alpha value is -4.27. The molecule has 3 heterocycles. The van der Waals surface area contributed by atoms with Gasteiger partial charge >= 0.3 is 0 Å². The number of amides is 1. The van der Waals surface area contributed by atoms with Crippen LogP contribution in [0.15, 0.2) is 61.1 Å². The van der Waals surface area contributed by atoms with E-state index >= 15 is 0 Å². The Bertz CT molecular complexity index is 1400. The summed E-state index contributed by atoms with van der Waals surface area (Å²) in [6.07, 6.45) is 8.05. The van der Waals surface area contributed by atoms with E-state index in [0.29, 0.717) is 30.0 Å². The fourth-order valence-electron chi connectivity index (χ4n) is 4.04. The highest BCUT2D eigenvalue weighted by Crippen LogP contribution is 2.47. The molecule has 1 aliphatic carbocycles.